The molecular formula is C2H3O9P2-5. The summed E-state index contributed by atoms with van der Waals surface area (Å²) in [6.45, 7) is 0.972. The summed E-state index contributed by atoms with van der Waals surface area (Å²) in [6, 6.07) is 0. The quantitative estimate of drug-likeness (QED) is 0.424. The van der Waals surface area contributed by atoms with E-state index in [0.717, 1.165) is 6.92 Å². The fourth-order valence-electron chi connectivity index (χ4n) is 0.122. The van der Waals surface area contributed by atoms with Gasteiger partial charge in [0.25, 0.3) is 0 Å². The van der Waals surface area contributed by atoms with E-state index in [4.69, 9.17) is 9.90 Å². The van der Waals surface area contributed by atoms with Crippen molar-refractivity contribution in [3.63, 3.8) is 0 Å². The third-order valence-electron chi connectivity index (χ3n) is 0.200. The van der Waals surface area contributed by atoms with E-state index in [1.165, 1.54) is 0 Å². The SMILES string of the molecule is CC(=O)[O-].O=P([O-])([O-])OP(=O)([O-])[O-]. The second-order valence-corrected chi connectivity index (χ2v) is 3.91. The largest absolute Gasteiger partial charge is 0.790 e. The maximum Gasteiger partial charge on any atom is 0.0655 e. The molecule has 0 rings (SSSR count). The third-order valence-corrected chi connectivity index (χ3v) is 1.80. The summed E-state index contributed by atoms with van der Waals surface area (Å²) in [5.41, 5.74) is 0. The Bertz CT molecular complexity index is 220. The van der Waals surface area contributed by atoms with E-state index in [1.54, 1.807) is 0 Å². The predicted octanol–water partition coefficient (Wildman–Crippen LogP) is -4.58. The molecule has 0 heterocycles. The van der Waals surface area contributed by atoms with Gasteiger partial charge in [-0.3, -0.25) is 0 Å². The van der Waals surface area contributed by atoms with Gasteiger partial charge in [0.1, 0.15) is 0 Å². The standard InChI is InChI=1S/C2H4O2.H4O7P2/c1-2(3)4;1-8(2,3)7-9(4,5)6/h1H3,(H,3,4);(H2,1,2,3)(H2,4,5,6)/p-5. The van der Waals surface area contributed by atoms with Crippen LogP contribution < -0.4 is 24.7 Å². The smallest absolute Gasteiger partial charge is 0.0655 e. The highest BCUT2D eigenvalue weighted by Gasteiger charge is 1.92. The number of aliphatic carboxylic acids is 1. The molecule has 0 aliphatic carbocycles. The van der Waals surface area contributed by atoms with Gasteiger partial charge in [-0.1, -0.05) is 0 Å². The first-order chi connectivity index (χ1) is 5.44. The maximum atomic E-state index is 9.32. The highest BCUT2D eigenvalue weighted by atomic mass is 31.3. The molecule has 0 amide bonds. The van der Waals surface area contributed by atoms with Gasteiger partial charge in [-0.15, -0.1) is 0 Å². The summed E-state index contributed by atoms with van der Waals surface area (Å²) in [5.74, 6) is -1.08. The summed E-state index contributed by atoms with van der Waals surface area (Å²) in [4.78, 5) is 46.2. The minimum Gasteiger partial charge on any atom is -0.790 e. The molecule has 0 fully saturated rings. The molecule has 0 saturated heterocycles. The summed E-state index contributed by atoms with van der Waals surface area (Å²) in [5, 5.41) is 8.89. The Hall–Kier alpha value is -0.270. The van der Waals surface area contributed by atoms with Crippen molar-refractivity contribution in [2.45, 2.75) is 6.92 Å². The van der Waals surface area contributed by atoms with Gasteiger partial charge in [0.2, 0.25) is 0 Å². The lowest BCUT2D eigenvalue weighted by molar-refractivity contribution is -0.364. The lowest BCUT2D eigenvalue weighted by Gasteiger charge is -2.39. The van der Waals surface area contributed by atoms with E-state index in [0.29, 0.717) is 0 Å². The van der Waals surface area contributed by atoms with Gasteiger partial charge in [-0.25, -0.2) is 0 Å². The third kappa shape index (κ3) is 33.8. The zero-order chi connectivity index (χ0) is 11.3. The van der Waals surface area contributed by atoms with Crippen molar-refractivity contribution >= 4 is 21.6 Å². The van der Waals surface area contributed by atoms with E-state index in [2.05, 4.69) is 4.31 Å². The highest BCUT2D eigenvalue weighted by Crippen LogP contribution is 2.42. The van der Waals surface area contributed by atoms with E-state index in [-0.39, 0.29) is 0 Å². The molecule has 0 aliphatic rings. The van der Waals surface area contributed by atoms with Crippen LogP contribution in [0, 0.1) is 0 Å². The van der Waals surface area contributed by atoms with Crippen LogP contribution in [0.4, 0.5) is 0 Å². The van der Waals surface area contributed by atoms with Gasteiger partial charge in [0, 0.05) is 5.97 Å². The number of carboxylic acid groups (broad SMARTS) is 1. The molecule has 9 nitrogen and oxygen atoms in total. The molecule has 0 aromatic rings. The normalized spacial score (nSPS) is 11.5. The minimum absolute atomic E-state index is 0.972. The number of carbonyl (C=O) groups is 1. The summed E-state index contributed by atoms with van der Waals surface area (Å²) in [7, 11) is -11.4. The first-order valence-corrected chi connectivity index (χ1v) is 5.29. The lowest BCUT2D eigenvalue weighted by Crippen LogP contribution is -2.23. The van der Waals surface area contributed by atoms with E-state index in [9.17, 15) is 28.7 Å². The van der Waals surface area contributed by atoms with Gasteiger partial charge >= 0.3 is 0 Å². The molecule has 0 saturated carbocycles. The van der Waals surface area contributed by atoms with Crippen LogP contribution in [-0.4, -0.2) is 5.97 Å². The predicted molar refractivity (Wildman–Crippen MR) is 27.0 cm³/mol. The molecular weight excluding hydrogens is 230 g/mol. The van der Waals surface area contributed by atoms with Gasteiger partial charge in [-0.2, -0.15) is 0 Å². The first-order valence-electron chi connectivity index (χ1n) is 2.37. The molecule has 0 atom stereocenters. The number of carboxylic acids is 1. The van der Waals surface area contributed by atoms with Crippen molar-refractivity contribution < 1.29 is 42.9 Å². The van der Waals surface area contributed by atoms with E-state index >= 15 is 0 Å². The number of phosphoric acid groups is 2. The van der Waals surface area contributed by atoms with Crippen LogP contribution >= 0.6 is 15.6 Å². The topological polar surface area (TPSA) is 176 Å². The molecule has 0 bridgehead atoms. The molecule has 0 N–H and O–H groups in total. The Balaban J connectivity index is 0. The molecule has 11 heteroatoms. The van der Waals surface area contributed by atoms with Crippen molar-refractivity contribution in [2.75, 3.05) is 0 Å². The fourth-order valence-corrected chi connectivity index (χ4v) is 1.10. The second-order valence-electron chi connectivity index (χ2n) is 1.47. The Labute approximate surface area is 72.5 Å². The number of carbonyl (C=O) groups excluding carboxylic acids is 1. The van der Waals surface area contributed by atoms with Crippen LogP contribution in [-0.2, 0) is 18.2 Å². The molecule has 0 aliphatic heterocycles. The van der Waals surface area contributed by atoms with Crippen molar-refractivity contribution in [1.29, 1.82) is 0 Å². The minimum atomic E-state index is -5.68. The Kier molecular flexibility index (Phi) is 6.39. The zero-order valence-corrected chi connectivity index (χ0v) is 7.86. The maximum absolute atomic E-state index is 9.32. The van der Waals surface area contributed by atoms with Crippen LogP contribution in [0.5, 0.6) is 0 Å². The average Bonchev–Trinajstić information content (AvgIpc) is 1.47. The average molecular weight is 233 g/mol. The van der Waals surface area contributed by atoms with Crippen molar-refractivity contribution in [3.05, 3.63) is 0 Å². The van der Waals surface area contributed by atoms with Gasteiger partial charge in [0.15, 0.2) is 0 Å². The first kappa shape index (κ1) is 15.2. The van der Waals surface area contributed by atoms with Gasteiger partial charge in [0.05, 0.1) is 15.6 Å². The van der Waals surface area contributed by atoms with Crippen LogP contribution in [0.1, 0.15) is 6.92 Å². The van der Waals surface area contributed by atoms with Crippen LogP contribution in [0.15, 0.2) is 0 Å². The monoisotopic (exact) mass is 233 g/mol. The Morgan fingerprint density at radius 3 is 1.23 bits per heavy atom. The summed E-state index contributed by atoms with van der Waals surface area (Å²) < 4.78 is 21.2. The van der Waals surface area contributed by atoms with Gasteiger partial charge in [-0.05, 0) is 6.92 Å². The molecule has 80 valence electrons. The zero-order valence-electron chi connectivity index (χ0n) is 6.07. The molecule has 13 heavy (non-hydrogen) atoms. The van der Waals surface area contributed by atoms with E-state index < -0.39 is 21.6 Å². The summed E-state index contributed by atoms with van der Waals surface area (Å²) >= 11 is 0. The highest BCUT2D eigenvalue weighted by molar-refractivity contribution is 7.57. The summed E-state index contributed by atoms with van der Waals surface area (Å²) in [6.07, 6.45) is 0. The van der Waals surface area contributed by atoms with Crippen molar-refractivity contribution in [1.82, 2.24) is 0 Å². The number of rotatable bonds is 2. The lowest BCUT2D eigenvalue weighted by atomic mass is 10.9. The molecule has 0 radical (unpaired) electrons. The number of hydrogen-bond donors (Lipinski definition) is 0. The van der Waals surface area contributed by atoms with Crippen LogP contribution in [0.2, 0.25) is 0 Å². The van der Waals surface area contributed by atoms with E-state index in [1.807, 2.05) is 0 Å². The fraction of sp³-hybridized carbons (Fsp3) is 0.500. The molecule has 0 unspecified atom stereocenters. The number of hydrogen-bond acceptors (Lipinski definition) is 9. The second kappa shape index (κ2) is 5.46. The van der Waals surface area contributed by atoms with Crippen LogP contribution in [0.25, 0.3) is 0 Å². The molecule has 0 aromatic heterocycles. The van der Waals surface area contributed by atoms with Crippen molar-refractivity contribution in [3.8, 4) is 0 Å². The Morgan fingerprint density at radius 1 is 1.08 bits per heavy atom. The molecule has 0 spiro atoms. The molecule has 0 aromatic carbocycles. The van der Waals surface area contributed by atoms with Crippen LogP contribution in [0.3, 0.4) is 0 Å². The Morgan fingerprint density at radius 2 is 1.23 bits per heavy atom. The van der Waals surface area contributed by atoms with Gasteiger partial charge < -0.3 is 42.9 Å². The van der Waals surface area contributed by atoms with Crippen molar-refractivity contribution in [2.24, 2.45) is 0 Å².